The van der Waals surface area contributed by atoms with E-state index >= 15 is 0 Å². The molecule has 1 saturated heterocycles. The molecule has 0 radical (unpaired) electrons. The quantitative estimate of drug-likeness (QED) is 0.727. The molecule has 2 heterocycles. The zero-order valence-corrected chi connectivity index (χ0v) is 9.01. The number of aromatic nitrogens is 1. The third kappa shape index (κ3) is 1.55. The Hall–Kier alpha value is -1.28. The summed E-state index contributed by atoms with van der Waals surface area (Å²) in [4.78, 5) is 3.36. The van der Waals surface area contributed by atoms with E-state index in [1.165, 1.54) is 28.6 Å². The average molecular weight is 200 g/mol. The standard InChI is InChI=1S/C13H16N2/c1-9-6-12-7-10(2-3-13(12)15-9)11-4-5-14-8-11/h2-3,6-7,11,14-15H,4-5,8H2,1H3. The van der Waals surface area contributed by atoms with Crippen molar-refractivity contribution < 1.29 is 0 Å². The second-order valence-electron chi connectivity index (χ2n) is 4.49. The Bertz CT molecular complexity index is 478. The maximum Gasteiger partial charge on any atom is 0.0456 e. The van der Waals surface area contributed by atoms with Crippen LogP contribution in [-0.4, -0.2) is 18.1 Å². The molecule has 2 nitrogen and oxygen atoms in total. The molecular formula is C13H16N2. The van der Waals surface area contributed by atoms with Crippen molar-refractivity contribution >= 4 is 10.9 Å². The number of aryl methyl sites for hydroxylation is 1. The van der Waals surface area contributed by atoms with Crippen molar-refractivity contribution in [3.8, 4) is 0 Å². The molecule has 2 heteroatoms. The molecule has 1 aromatic carbocycles. The van der Waals surface area contributed by atoms with Gasteiger partial charge in [0.15, 0.2) is 0 Å². The molecule has 0 bridgehead atoms. The van der Waals surface area contributed by atoms with E-state index in [9.17, 15) is 0 Å². The SMILES string of the molecule is Cc1cc2cc(C3CCNC3)ccc2[nH]1. The fourth-order valence-electron chi connectivity index (χ4n) is 2.49. The minimum atomic E-state index is 0.713. The molecule has 0 spiro atoms. The Morgan fingerprint density at radius 2 is 2.20 bits per heavy atom. The molecule has 1 unspecified atom stereocenters. The Morgan fingerprint density at radius 3 is 3.00 bits per heavy atom. The van der Waals surface area contributed by atoms with Crippen molar-refractivity contribution in [1.29, 1.82) is 0 Å². The van der Waals surface area contributed by atoms with Gasteiger partial charge in [-0.25, -0.2) is 0 Å². The summed E-state index contributed by atoms with van der Waals surface area (Å²) in [5, 5.41) is 4.76. The van der Waals surface area contributed by atoms with Crippen LogP contribution in [0.1, 0.15) is 23.6 Å². The molecule has 1 fully saturated rings. The predicted molar refractivity (Wildman–Crippen MR) is 63.3 cm³/mol. The zero-order valence-electron chi connectivity index (χ0n) is 9.01. The zero-order chi connectivity index (χ0) is 10.3. The van der Waals surface area contributed by atoms with Crippen molar-refractivity contribution in [2.24, 2.45) is 0 Å². The molecule has 1 aliphatic heterocycles. The van der Waals surface area contributed by atoms with Crippen LogP contribution in [0, 0.1) is 6.92 Å². The lowest BCUT2D eigenvalue weighted by atomic mass is 9.97. The highest BCUT2D eigenvalue weighted by Gasteiger charge is 2.16. The number of aromatic amines is 1. The van der Waals surface area contributed by atoms with Crippen LogP contribution in [-0.2, 0) is 0 Å². The summed E-state index contributed by atoms with van der Waals surface area (Å²) in [7, 11) is 0. The van der Waals surface area contributed by atoms with Crippen LogP contribution in [0.5, 0.6) is 0 Å². The molecule has 78 valence electrons. The second-order valence-corrected chi connectivity index (χ2v) is 4.49. The fraction of sp³-hybridized carbons (Fsp3) is 0.385. The summed E-state index contributed by atoms with van der Waals surface area (Å²) >= 11 is 0. The first kappa shape index (κ1) is 8.98. The molecule has 0 amide bonds. The Balaban J connectivity index is 2.04. The van der Waals surface area contributed by atoms with Gasteiger partial charge < -0.3 is 10.3 Å². The summed E-state index contributed by atoms with van der Waals surface area (Å²) in [6.07, 6.45) is 1.27. The van der Waals surface area contributed by atoms with Crippen molar-refractivity contribution in [2.75, 3.05) is 13.1 Å². The van der Waals surface area contributed by atoms with E-state index in [0.29, 0.717) is 5.92 Å². The maximum atomic E-state index is 3.42. The lowest BCUT2D eigenvalue weighted by Gasteiger charge is -2.08. The van der Waals surface area contributed by atoms with Crippen LogP contribution in [0.3, 0.4) is 0 Å². The van der Waals surface area contributed by atoms with Crippen molar-refractivity contribution in [3.63, 3.8) is 0 Å². The molecule has 0 saturated carbocycles. The van der Waals surface area contributed by atoms with Crippen molar-refractivity contribution in [1.82, 2.24) is 10.3 Å². The van der Waals surface area contributed by atoms with E-state index in [1.54, 1.807) is 0 Å². The summed E-state index contributed by atoms with van der Waals surface area (Å²) in [6, 6.07) is 9.02. The molecule has 2 aromatic rings. The van der Waals surface area contributed by atoms with Gasteiger partial charge in [0.05, 0.1) is 0 Å². The molecular weight excluding hydrogens is 184 g/mol. The van der Waals surface area contributed by atoms with Crippen LogP contribution in [0.4, 0.5) is 0 Å². The van der Waals surface area contributed by atoms with Gasteiger partial charge in [0, 0.05) is 17.8 Å². The van der Waals surface area contributed by atoms with E-state index in [2.05, 4.69) is 41.5 Å². The molecule has 2 N–H and O–H groups in total. The normalized spacial score (nSPS) is 21.3. The molecule has 3 rings (SSSR count). The molecule has 1 atom stereocenters. The Labute approximate surface area is 89.7 Å². The van der Waals surface area contributed by atoms with Crippen LogP contribution in [0.15, 0.2) is 24.3 Å². The third-order valence-electron chi connectivity index (χ3n) is 3.31. The summed E-state index contributed by atoms with van der Waals surface area (Å²) < 4.78 is 0. The van der Waals surface area contributed by atoms with E-state index in [-0.39, 0.29) is 0 Å². The number of hydrogen-bond acceptors (Lipinski definition) is 1. The highest BCUT2D eigenvalue weighted by atomic mass is 14.9. The first-order valence-corrected chi connectivity index (χ1v) is 5.63. The summed E-state index contributed by atoms with van der Waals surface area (Å²) in [5.41, 5.74) is 3.97. The molecule has 0 aliphatic carbocycles. The largest absolute Gasteiger partial charge is 0.359 e. The van der Waals surface area contributed by atoms with Gasteiger partial charge in [-0.05, 0) is 55.0 Å². The number of hydrogen-bond donors (Lipinski definition) is 2. The summed E-state index contributed by atoms with van der Waals surface area (Å²) in [6.45, 7) is 4.40. The minimum Gasteiger partial charge on any atom is -0.359 e. The number of H-pyrrole nitrogens is 1. The topological polar surface area (TPSA) is 27.8 Å². The lowest BCUT2D eigenvalue weighted by molar-refractivity contribution is 0.765. The number of rotatable bonds is 1. The minimum absolute atomic E-state index is 0.713. The van der Waals surface area contributed by atoms with Gasteiger partial charge in [0.1, 0.15) is 0 Å². The van der Waals surface area contributed by atoms with E-state index in [0.717, 1.165) is 13.1 Å². The van der Waals surface area contributed by atoms with E-state index < -0.39 is 0 Å². The van der Waals surface area contributed by atoms with E-state index in [1.807, 2.05) is 0 Å². The number of fused-ring (bicyclic) bond motifs is 1. The van der Waals surface area contributed by atoms with Gasteiger partial charge >= 0.3 is 0 Å². The lowest BCUT2D eigenvalue weighted by Crippen LogP contribution is -2.07. The fourth-order valence-corrected chi connectivity index (χ4v) is 2.49. The number of nitrogens with one attached hydrogen (secondary N) is 2. The average Bonchev–Trinajstić information content (AvgIpc) is 2.82. The number of benzene rings is 1. The maximum absolute atomic E-state index is 3.42. The predicted octanol–water partition coefficient (Wildman–Crippen LogP) is 2.55. The van der Waals surface area contributed by atoms with Gasteiger partial charge in [-0.3, -0.25) is 0 Å². The molecule has 1 aliphatic rings. The van der Waals surface area contributed by atoms with Crippen molar-refractivity contribution in [2.45, 2.75) is 19.3 Å². The highest BCUT2D eigenvalue weighted by Crippen LogP contribution is 2.26. The summed E-state index contributed by atoms with van der Waals surface area (Å²) in [5.74, 6) is 0.713. The monoisotopic (exact) mass is 200 g/mol. The first-order valence-electron chi connectivity index (χ1n) is 5.63. The van der Waals surface area contributed by atoms with Gasteiger partial charge in [-0.15, -0.1) is 0 Å². The second kappa shape index (κ2) is 3.38. The van der Waals surface area contributed by atoms with Crippen molar-refractivity contribution in [3.05, 3.63) is 35.5 Å². The van der Waals surface area contributed by atoms with Crippen LogP contribution in [0.25, 0.3) is 10.9 Å². The van der Waals surface area contributed by atoms with E-state index in [4.69, 9.17) is 0 Å². The van der Waals surface area contributed by atoms with Gasteiger partial charge in [0.2, 0.25) is 0 Å². The van der Waals surface area contributed by atoms with Gasteiger partial charge in [0.25, 0.3) is 0 Å². The van der Waals surface area contributed by atoms with Gasteiger partial charge in [-0.2, -0.15) is 0 Å². The highest BCUT2D eigenvalue weighted by molar-refractivity contribution is 5.81. The Kier molecular flexibility index (Phi) is 2.03. The van der Waals surface area contributed by atoms with Crippen LogP contribution in [0.2, 0.25) is 0 Å². The van der Waals surface area contributed by atoms with Crippen LogP contribution < -0.4 is 5.32 Å². The first-order chi connectivity index (χ1) is 7.33. The smallest absolute Gasteiger partial charge is 0.0456 e. The molecule has 1 aromatic heterocycles. The van der Waals surface area contributed by atoms with Crippen LogP contribution >= 0.6 is 0 Å². The van der Waals surface area contributed by atoms with Gasteiger partial charge in [-0.1, -0.05) is 6.07 Å². The molecule has 15 heavy (non-hydrogen) atoms. The third-order valence-corrected chi connectivity index (χ3v) is 3.31. The Morgan fingerprint density at radius 1 is 1.27 bits per heavy atom.